The summed E-state index contributed by atoms with van der Waals surface area (Å²) in [6.45, 7) is 1.43. The van der Waals surface area contributed by atoms with Crippen LogP contribution < -0.4 is 10.6 Å². The molecule has 152 valence electrons. The lowest BCUT2D eigenvalue weighted by Crippen LogP contribution is -2.28. The smallest absolute Gasteiger partial charge is 0.311 e. The molecule has 29 heavy (non-hydrogen) atoms. The maximum absolute atomic E-state index is 12.2. The van der Waals surface area contributed by atoms with E-state index in [-0.39, 0.29) is 24.8 Å². The van der Waals surface area contributed by atoms with Gasteiger partial charge in [-0.1, -0.05) is 6.07 Å². The SMILES string of the molecule is CC(=O)Nc1cccc(NC(=O)COC(=O)[C@@H]2CC(=O)N(Cc3ccco3)C2)c1. The van der Waals surface area contributed by atoms with Crippen LogP contribution in [0.25, 0.3) is 0 Å². The summed E-state index contributed by atoms with van der Waals surface area (Å²) in [6.07, 6.45) is 1.56. The molecule has 3 rings (SSSR count). The van der Waals surface area contributed by atoms with E-state index in [0.29, 0.717) is 23.7 Å². The Morgan fingerprint density at radius 3 is 2.62 bits per heavy atom. The van der Waals surface area contributed by atoms with Gasteiger partial charge in [-0.3, -0.25) is 19.2 Å². The van der Waals surface area contributed by atoms with Crippen LogP contribution in [0.3, 0.4) is 0 Å². The summed E-state index contributed by atoms with van der Waals surface area (Å²) in [6, 6.07) is 10.1. The normalized spacial score (nSPS) is 15.8. The first-order chi connectivity index (χ1) is 13.9. The van der Waals surface area contributed by atoms with Crippen molar-refractivity contribution in [3.05, 3.63) is 48.4 Å². The number of rotatable bonds is 7. The van der Waals surface area contributed by atoms with Gasteiger partial charge in [0.2, 0.25) is 11.8 Å². The van der Waals surface area contributed by atoms with E-state index < -0.39 is 24.4 Å². The van der Waals surface area contributed by atoms with E-state index in [0.717, 1.165) is 0 Å². The fourth-order valence-electron chi connectivity index (χ4n) is 3.00. The van der Waals surface area contributed by atoms with Crippen LogP contribution in [0, 0.1) is 5.92 Å². The summed E-state index contributed by atoms with van der Waals surface area (Å²) in [7, 11) is 0. The molecule has 2 aromatic rings. The fourth-order valence-corrected chi connectivity index (χ4v) is 3.00. The predicted octanol–water partition coefficient (Wildman–Crippen LogP) is 1.77. The first-order valence-electron chi connectivity index (χ1n) is 9.05. The Hall–Kier alpha value is -3.62. The second-order valence-corrected chi connectivity index (χ2v) is 6.67. The molecule has 1 aromatic heterocycles. The van der Waals surface area contributed by atoms with Crippen molar-refractivity contribution in [3.8, 4) is 0 Å². The molecule has 1 fully saturated rings. The number of likely N-dealkylation sites (tertiary alicyclic amines) is 1. The summed E-state index contributed by atoms with van der Waals surface area (Å²) in [5.41, 5.74) is 0.992. The van der Waals surface area contributed by atoms with Gasteiger partial charge < -0.3 is 24.7 Å². The van der Waals surface area contributed by atoms with Crippen LogP contribution in [0.15, 0.2) is 47.1 Å². The molecule has 0 saturated carbocycles. The molecule has 1 aromatic carbocycles. The average Bonchev–Trinajstić information content (AvgIpc) is 3.30. The highest BCUT2D eigenvalue weighted by Crippen LogP contribution is 2.21. The summed E-state index contributed by atoms with van der Waals surface area (Å²) < 4.78 is 10.3. The molecule has 1 aliphatic heterocycles. The maximum Gasteiger partial charge on any atom is 0.311 e. The van der Waals surface area contributed by atoms with Crippen molar-refractivity contribution >= 4 is 35.1 Å². The standard InChI is InChI=1S/C20H21N3O6/c1-13(24)21-15-4-2-5-16(9-15)22-18(25)12-29-20(27)14-8-19(26)23(10-14)11-17-6-3-7-28-17/h2-7,9,14H,8,10-12H2,1H3,(H,21,24)(H,22,25)/t14-/m1/s1. The number of furan rings is 1. The van der Waals surface area contributed by atoms with Crippen molar-refractivity contribution in [2.45, 2.75) is 19.9 Å². The van der Waals surface area contributed by atoms with Crippen LogP contribution in [0.2, 0.25) is 0 Å². The van der Waals surface area contributed by atoms with E-state index in [1.54, 1.807) is 36.4 Å². The summed E-state index contributed by atoms with van der Waals surface area (Å²) >= 11 is 0. The third-order valence-electron chi connectivity index (χ3n) is 4.29. The average molecular weight is 399 g/mol. The number of benzene rings is 1. The molecule has 2 heterocycles. The minimum absolute atomic E-state index is 0.0416. The molecule has 0 aliphatic carbocycles. The lowest BCUT2D eigenvalue weighted by molar-refractivity contribution is -0.151. The number of anilines is 2. The zero-order valence-electron chi connectivity index (χ0n) is 15.8. The van der Waals surface area contributed by atoms with Gasteiger partial charge >= 0.3 is 5.97 Å². The molecule has 9 heteroatoms. The van der Waals surface area contributed by atoms with Crippen molar-refractivity contribution in [1.29, 1.82) is 0 Å². The third kappa shape index (κ3) is 5.68. The van der Waals surface area contributed by atoms with Crippen LogP contribution in [0.5, 0.6) is 0 Å². The van der Waals surface area contributed by atoms with Crippen molar-refractivity contribution in [1.82, 2.24) is 4.90 Å². The Bertz CT molecular complexity index is 909. The van der Waals surface area contributed by atoms with Gasteiger partial charge in [0, 0.05) is 31.3 Å². The highest BCUT2D eigenvalue weighted by molar-refractivity contribution is 5.95. The minimum Gasteiger partial charge on any atom is -0.467 e. The van der Waals surface area contributed by atoms with Crippen LogP contribution in [0.4, 0.5) is 11.4 Å². The molecule has 0 unspecified atom stereocenters. The lowest BCUT2D eigenvalue weighted by atomic mass is 10.1. The quantitative estimate of drug-likeness (QED) is 0.685. The largest absolute Gasteiger partial charge is 0.467 e. The number of carbonyl (C=O) groups is 4. The molecule has 1 saturated heterocycles. The van der Waals surface area contributed by atoms with E-state index in [4.69, 9.17) is 9.15 Å². The molecule has 0 spiro atoms. The molecular weight excluding hydrogens is 378 g/mol. The van der Waals surface area contributed by atoms with E-state index in [1.807, 2.05) is 0 Å². The van der Waals surface area contributed by atoms with Gasteiger partial charge in [-0.2, -0.15) is 0 Å². The molecule has 1 atom stereocenters. The number of hydrogen-bond donors (Lipinski definition) is 2. The van der Waals surface area contributed by atoms with E-state index in [1.165, 1.54) is 18.1 Å². The highest BCUT2D eigenvalue weighted by atomic mass is 16.5. The van der Waals surface area contributed by atoms with Crippen molar-refractivity contribution < 1.29 is 28.3 Å². The zero-order valence-corrected chi connectivity index (χ0v) is 15.8. The number of amides is 3. The third-order valence-corrected chi connectivity index (χ3v) is 4.29. The molecule has 2 N–H and O–H groups in total. The van der Waals surface area contributed by atoms with Gasteiger partial charge in [0.15, 0.2) is 6.61 Å². The molecule has 0 bridgehead atoms. The molecular formula is C20H21N3O6. The summed E-state index contributed by atoms with van der Waals surface area (Å²) in [5, 5.41) is 5.20. The van der Waals surface area contributed by atoms with Gasteiger partial charge in [0.05, 0.1) is 18.7 Å². The zero-order chi connectivity index (χ0) is 20.8. The second kappa shape index (κ2) is 9.05. The number of nitrogens with one attached hydrogen (secondary N) is 2. The van der Waals surface area contributed by atoms with Gasteiger partial charge in [0.1, 0.15) is 5.76 Å². The van der Waals surface area contributed by atoms with Crippen molar-refractivity contribution in [2.24, 2.45) is 5.92 Å². The number of ether oxygens (including phenoxy) is 1. The van der Waals surface area contributed by atoms with Gasteiger partial charge in [0.25, 0.3) is 5.91 Å². The predicted molar refractivity (Wildman–Crippen MR) is 103 cm³/mol. The number of nitrogens with zero attached hydrogens (tertiary/aromatic N) is 1. The summed E-state index contributed by atoms with van der Waals surface area (Å²) in [4.78, 5) is 49.0. The number of hydrogen-bond acceptors (Lipinski definition) is 6. The van der Waals surface area contributed by atoms with Crippen LogP contribution >= 0.6 is 0 Å². The first kappa shape index (κ1) is 20.1. The number of carbonyl (C=O) groups excluding carboxylic acids is 4. The molecule has 9 nitrogen and oxygen atoms in total. The maximum atomic E-state index is 12.2. The monoisotopic (exact) mass is 399 g/mol. The molecule has 1 aliphatic rings. The number of esters is 1. The van der Waals surface area contributed by atoms with Crippen LogP contribution in [-0.2, 0) is 30.5 Å². The van der Waals surface area contributed by atoms with Crippen molar-refractivity contribution in [2.75, 3.05) is 23.8 Å². The Kier molecular flexibility index (Phi) is 6.28. The van der Waals surface area contributed by atoms with Crippen LogP contribution in [-0.4, -0.2) is 41.7 Å². The van der Waals surface area contributed by atoms with Crippen molar-refractivity contribution in [3.63, 3.8) is 0 Å². The topological polar surface area (TPSA) is 118 Å². The van der Waals surface area contributed by atoms with Gasteiger partial charge in [-0.05, 0) is 30.3 Å². The van der Waals surface area contributed by atoms with Crippen LogP contribution in [0.1, 0.15) is 19.1 Å². The Morgan fingerprint density at radius 1 is 1.17 bits per heavy atom. The van der Waals surface area contributed by atoms with E-state index in [9.17, 15) is 19.2 Å². The molecule has 3 amide bonds. The Balaban J connectivity index is 1.46. The van der Waals surface area contributed by atoms with Gasteiger partial charge in [-0.25, -0.2) is 0 Å². The fraction of sp³-hybridized carbons (Fsp3) is 0.300. The van der Waals surface area contributed by atoms with Gasteiger partial charge in [-0.15, -0.1) is 0 Å². The van der Waals surface area contributed by atoms with E-state index in [2.05, 4.69) is 10.6 Å². The second-order valence-electron chi connectivity index (χ2n) is 6.67. The Labute approximate surface area is 167 Å². The Morgan fingerprint density at radius 2 is 1.93 bits per heavy atom. The van der Waals surface area contributed by atoms with E-state index >= 15 is 0 Å². The summed E-state index contributed by atoms with van der Waals surface area (Å²) in [5.74, 6) is -1.49. The molecule has 0 radical (unpaired) electrons. The minimum atomic E-state index is -0.617. The first-order valence-corrected chi connectivity index (χ1v) is 9.05. The highest BCUT2D eigenvalue weighted by Gasteiger charge is 2.35. The lowest BCUT2D eigenvalue weighted by Gasteiger charge is -2.14.